The van der Waals surface area contributed by atoms with Crippen LogP contribution in [0.2, 0.25) is 0 Å². The van der Waals surface area contributed by atoms with Crippen molar-refractivity contribution in [3.05, 3.63) is 71.8 Å². The monoisotopic (exact) mass is 338 g/mol. The topological polar surface area (TPSA) is 49.4 Å². The van der Waals surface area contributed by atoms with Gasteiger partial charge in [0.25, 0.3) is 0 Å². The number of hydrogen-bond donors (Lipinski definition) is 1. The second-order valence-electron chi connectivity index (χ2n) is 6.13. The summed E-state index contributed by atoms with van der Waals surface area (Å²) < 4.78 is 0. The minimum Gasteiger partial charge on any atom is -0.356 e. The molecule has 0 aliphatic carbocycles. The molecule has 1 unspecified atom stereocenters. The van der Waals surface area contributed by atoms with Crippen LogP contribution in [-0.4, -0.2) is 29.8 Å². The van der Waals surface area contributed by atoms with E-state index in [0.29, 0.717) is 19.5 Å². The average Bonchev–Trinajstić information content (AvgIpc) is 2.63. The summed E-state index contributed by atoms with van der Waals surface area (Å²) in [5, 5.41) is 2.93. The van der Waals surface area contributed by atoms with E-state index >= 15 is 0 Å². The number of amides is 2. The highest BCUT2D eigenvalue weighted by Crippen LogP contribution is 2.20. The van der Waals surface area contributed by atoms with Gasteiger partial charge in [0.15, 0.2) is 0 Å². The molecular formula is C21H26N2O2. The molecule has 4 heteroatoms. The van der Waals surface area contributed by atoms with Crippen LogP contribution in [0.5, 0.6) is 0 Å². The van der Waals surface area contributed by atoms with E-state index in [-0.39, 0.29) is 17.9 Å². The number of nitrogens with one attached hydrogen (secondary N) is 1. The highest BCUT2D eigenvalue weighted by molar-refractivity contribution is 5.78. The molecule has 2 amide bonds. The van der Waals surface area contributed by atoms with Gasteiger partial charge in [-0.2, -0.15) is 0 Å². The summed E-state index contributed by atoms with van der Waals surface area (Å²) in [6.45, 7) is 4.57. The van der Waals surface area contributed by atoms with E-state index in [1.54, 1.807) is 11.8 Å². The Kier molecular flexibility index (Phi) is 7.20. The Bertz CT molecular complexity index is 671. The van der Waals surface area contributed by atoms with Crippen LogP contribution in [0.25, 0.3) is 0 Å². The van der Waals surface area contributed by atoms with Crippen molar-refractivity contribution in [2.45, 2.75) is 32.7 Å². The van der Waals surface area contributed by atoms with Crippen molar-refractivity contribution < 1.29 is 9.59 Å². The second-order valence-corrected chi connectivity index (χ2v) is 6.13. The molecule has 0 aliphatic heterocycles. The molecule has 0 aliphatic rings. The number of carbonyl (C=O) groups is 2. The molecule has 1 atom stereocenters. The van der Waals surface area contributed by atoms with E-state index in [0.717, 1.165) is 12.0 Å². The zero-order valence-corrected chi connectivity index (χ0v) is 14.9. The molecule has 2 rings (SSSR count). The van der Waals surface area contributed by atoms with Gasteiger partial charge in [-0.05, 0) is 24.5 Å². The van der Waals surface area contributed by atoms with Crippen molar-refractivity contribution in [1.82, 2.24) is 10.2 Å². The van der Waals surface area contributed by atoms with Crippen LogP contribution >= 0.6 is 0 Å². The van der Waals surface area contributed by atoms with Crippen LogP contribution in [0, 0.1) is 0 Å². The molecule has 2 aromatic rings. The fourth-order valence-electron chi connectivity index (χ4n) is 2.84. The number of rotatable bonds is 8. The second kappa shape index (κ2) is 9.62. The lowest BCUT2D eigenvalue weighted by Crippen LogP contribution is -2.36. The zero-order valence-electron chi connectivity index (χ0n) is 14.9. The third kappa shape index (κ3) is 6.07. The lowest BCUT2D eigenvalue weighted by atomic mass is 10.1. The summed E-state index contributed by atoms with van der Waals surface area (Å²) in [6, 6.07) is 19.9. The van der Waals surface area contributed by atoms with Crippen LogP contribution in [0.3, 0.4) is 0 Å². The first-order valence-electron chi connectivity index (χ1n) is 8.70. The first-order chi connectivity index (χ1) is 12.1. The molecule has 0 saturated carbocycles. The summed E-state index contributed by atoms with van der Waals surface area (Å²) in [4.78, 5) is 25.8. The van der Waals surface area contributed by atoms with Gasteiger partial charge in [0.05, 0.1) is 6.04 Å². The van der Waals surface area contributed by atoms with Crippen molar-refractivity contribution in [1.29, 1.82) is 0 Å². The highest BCUT2D eigenvalue weighted by atomic mass is 16.2. The summed E-state index contributed by atoms with van der Waals surface area (Å²) in [5.41, 5.74) is 2.27. The van der Waals surface area contributed by atoms with E-state index < -0.39 is 0 Å². The maximum Gasteiger partial charge on any atom is 0.221 e. The van der Waals surface area contributed by atoms with E-state index in [1.807, 2.05) is 67.6 Å². The van der Waals surface area contributed by atoms with Crippen LogP contribution in [0.4, 0.5) is 0 Å². The molecule has 25 heavy (non-hydrogen) atoms. The van der Waals surface area contributed by atoms with Crippen molar-refractivity contribution in [2.75, 3.05) is 13.1 Å². The van der Waals surface area contributed by atoms with E-state index in [2.05, 4.69) is 5.32 Å². The lowest BCUT2D eigenvalue weighted by molar-refractivity contribution is -0.131. The largest absolute Gasteiger partial charge is 0.356 e. The smallest absolute Gasteiger partial charge is 0.221 e. The number of hydrogen-bond acceptors (Lipinski definition) is 2. The third-order valence-electron chi connectivity index (χ3n) is 4.31. The Balaban J connectivity index is 1.80. The molecule has 1 N–H and O–H groups in total. The first kappa shape index (κ1) is 18.7. The predicted molar refractivity (Wildman–Crippen MR) is 100 cm³/mol. The SMILES string of the molecule is CC(=O)N(CCC(=O)NCCc1ccccc1)C(C)c1ccccc1. The average molecular weight is 338 g/mol. The van der Waals surface area contributed by atoms with Gasteiger partial charge < -0.3 is 10.2 Å². The van der Waals surface area contributed by atoms with Gasteiger partial charge in [-0.15, -0.1) is 0 Å². The van der Waals surface area contributed by atoms with Gasteiger partial charge in [0, 0.05) is 26.4 Å². The fraction of sp³-hybridized carbons (Fsp3) is 0.333. The van der Waals surface area contributed by atoms with Crippen LogP contribution in [0.15, 0.2) is 60.7 Å². The number of benzene rings is 2. The zero-order chi connectivity index (χ0) is 18.1. The lowest BCUT2D eigenvalue weighted by Gasteiger charge is -2.28. The van der Waals surface area contributed by atoms with E-state index in [9.17, 15) is 9.59 Å². The first-order valence-corrected chi connectivity index (χ1v) is 8.70. The molecule has 0 spiro atoms. The normalized spacial score (nSPS) is 11.6. The van der Waals surface area contributed by atoms with Crippen LogP contribution < -0.4 is 5.32 Å². The fourth-order valence-corrected chi connectivity index (χ4v) is 2.84. The van der Waals surface area contributed by atoms with Crippen molar-refractivity contribution >= 4 is 11.8 Å². The molecule has 0 fully saturated rings. The minimum atomic E-state index is -0.0455. The summed E-state index contributed by atoms with van der Waals surface area (Å²) in [6.07, 6.45) is 1.12. The molecular weight excluding hydrogens is 312 g/mol. The minimum absolute atomic E-state index is 0.0200. The Morgan fingerprint density at radius 1 is 1.00 bits per heavy atom. The van der Waals surface area contributed by atoms with Gasteiger partial charge in [0.2, 0.25) is 11.8 Å². The molecule has 0 radical (unpaired) electrons. The van der Waals surface area contributed by atoms with Crippen molar-refractivity contribution in [3.63, 3.8) is 0 Å². The summed E-state index contributed by atoms with van der Waals surface area (Å²) >= 11 is 0. The standard InChI is InChI=1S/C21H26N2O2/c1-17(20-11-7-4-8-12-20)23(18(2)24)16-14-21(25)22-15-13-19-9-5-3-6-10-19/h3-12,17H,13-16H2,1-2H3,(H,22,25). The Hall–Kier alpha value is -2.62. The maximum absolute atomic E-state index is 12.1. The summed E-state index contributed by atoms with van der Waals surface area (Å²) in [7, 11) is 0. The van der Waals surface area contributed by atoms with Crippen LogP contribution in [-0.2, 0) is 16.0 Å². The van der Waals surface area contributed by atoms with E-state index in [4.69, 9.17) is 0 Å². The van der Waals surface area contributed by atoms with Gasteiger partial charge >= 0.3 is 0 Å². The quantitative estimate of drug-likeness (QED) is 0.802. The Morgan fingerprint density at radius 3 is 2.20 bits per heavy atom. The number of carbonyl (C=O) groups excluding carboxylic acids is 2. The number of nitrogens with zero attached hydrogens (tertiary/aromatic N) is 1. The third-order valence-corrected chi connectivity index (χ3v) is 4.31. The van der Waals surface area contributed by atoms with Gasteiger partial charge in [-0.25, -0.2) is 0 Å². The molecule has 0 bridgehead atoms. The highest BCUT2D eigenvalue weighted by Gasteiger charge is 2.19. The van der Waals surface area contributed by atoms with E-state index in [1.165, 1.54) is 5.56 Å². The Labute approximate surface area is 149 Å². The molecule has 4 nitrogen and oxygen atoms in total. The molecule has 0 heterocycles. The molecule has 2 aromatic carbocycles. The predicted octanol–water partition coefficient (Wildman–Crippen LogP) is 3.35. The molecule has 0 saturated heterocycles. The van der Waals surface area contributed by atoms with Gasteiger partial charge in [0.1, 0.15) is 0 Å². The van der Waals surface area contributed by atoms with Crippen molar-refractivity contribution in [3.8, 4) is 0 Å². The molecule has 132 valence electrons. The van der Waals surface area contributed by atoms with Gasteiger partial charge in [-0.1, -0.05) is 60.7 Å². The maximum atomic E-state index is 12.1. The van der Waals surface area contributed by atoms with Crippen molar-refractivity contribution in [2.24, 2.45) is 0 Å². The van der Waals surface area contributed by atoms with Gasteiger partial charge in [-0.3, -0.25) is 9.59 Å². The van der Waals surface area contributed by atoms with Crippen LogP contribution in [0.1, 0.15) is 37.4 Å². The summed E-state index contributed by atoms with van der Waals surface area (Å²) in [5.74, 6) is -0.0455. The molecule has 0 aromatic heterocycles. The Morgan fingerprint density at radius 2 is 1.60 bits per heavy atom.